The number of anilines is 1. The zero-order valence-electron chi connectivity index (χ0n) is 14.6. The summed E-state index contributed by atoms with van der Waals surface area (Å²) in [6, 6.07) is 14.1. The molecule has 0 fully saturated rings. The van der Waals surface area contributed by atoms with Gasteiger partial charge in [0.05, 0.1) is 17.9 Å². The molecule has 3 rings (SSSR count). The van der Waals surface area contributed by atoms with E-state index < -0.39 is 12.1 Å². The first-order valence-electron chi connectivity index (χ1n) is 8.59. The number of aromatic carboxylic acids is 1. The van der Waals surface area contributed by atoms with E-state index in [0.29, 0.717) is 24.6 Å². The summed E-state index contributed by atoms with van der Waals surface area (Å²) < 4.78 is 11.2. The van der Waals surface area contributed by atoms with Gasteiger partial charge < -0.3 is 19.5 Å². The monoisotopic (exact) mass is 355 g/mol. The second kappa shape index (κ2) is 7.91. The van der Waals surface area contributed by atoms with E-state index in [9.17, 15) is 14.7 Å². The third kappa shape index (κ3) is 3.96. The fourth-order valence-corrected chi connectivity index (χ4v) is 2.85. The van der Waals surface area contributed by atoms with Crippen molar-refractivity contribution < 1.29 is 24.2 Å². The SMILES string of the molecule is CC1Oc2ccc(C(=O)O)cc2N(CCCCOc2ccccc2)C1=O. The Hall–Kier alpha value is -3.02. The summed E-state index contributed by atoms with van der Waals surface area (Å²) in [5.74, 6) is 0.154. The maximum absolute atomic E-state index is 12.5. The van der Waals surface area contributed by atoms with Crippen LogP contribution in [0, 0.1) is 0 Å². The molecule has 2 aromatic carbocycles. The fraction of sp³-hybridized carbons (Fsp3) is 0.300. The quantitative estimate of drug-likeness (QED) is 0.771. The van der Waals surface area contributed by atoms with E-state index in [4.69, 9.17) is 9.47 Å². The van der Waals surface area contributed by atoms with Crippen molar-refractivity contribution in [2.45, 2.75) is 25.9 Å². The highest BCUT2D eigenvalue weighted by Crippen LogP contribution is 2.35. The van der Waals surface area contributed by atoms with E-state index in [2.05, 4.69) is 0 Å². The Morgan fingerprint density at radius 3 is 2.69 bits per heavy atom. The van der Waals surface area contributed by atoms with E-state index in [1.54, 1.807) is 17.9 Å². The molecule has 1 aliphatic heterocycles. The molecule has 0 bridgehead atoms. The minimum absolute atomic E-state index is 0.132. The van der Waals surface area contributed by atoms with Crippen LogP contribution in [-0.4, -0.2) is 36.2 Å². The molecule has 1 heterocycles. The van der Waals surface area contributed by atoms with Gasteiger partial charge in [-0.25, -0.2) is 4.79 Å². The highest BCUT2D eigenvalue weighted by Gasteiger charge is 2.31. The Kier molecular flexibility index (Phi) is 5.41. The van der Waals surface area contributed by atoms with E-state index in [1.807, 2.05) is 30.3 Å². The van der Waals surface area contributed by atoms with Crippen molar-refractivity contribution in [3.8, 4) is 11.5 Å². The number of fused-ring (bicyclic) bond motifs is 1. The summed E-state index contributed by atoms with van der Waals surface area (Å²) in [6.45, 7) is 2.74. The summed E-state index contributed by atoms with van der Waals surface area (Å²) >= 11 is 0. The fourth-order valence-electron chi connectivity index (χ4n) is 2.85. The Morgan fingerprint density at radius 1 is 1.19 bits per heavy atom. The molecule has 0 saturated carbocycles. The smallest absolute Gasteiger partial charge is 0.335 e. The van der Waals surface area contributed by atoms with Crippen LogP contribution in [0.3, 0.4) is 0 Å². The summed E-state index contributed by atoms with van der Waals surface area (Å²) in [5.41, 5.74) is 0.643. The van der Waals surface area contributed by atoms with Crippen LogP contribution in [0.25, 0.3) is 0 Å². The third-order valence-electron chi connectivity index (χ3n) is 4.20. The highest BCUT2D eigenvalue weighted by atomic mass is 16.5. The van der Waals surface area contributed by atoms with Crippen LogP contribution in [0.1, 0.15) is 30.1 Å². The number of para-hydroxylation sites is 1. The number of ether oxygens (including phenoxy) is 2. The van der Waals surface area contributed by atoms with Gasteiger partial charge in [-0.3, -0.25) is 4.79 Å². The largest absolute Gasteiger partial charge is 0.494 e. The van der Waals surface area contributed by atoms with Crippen molar-refractivity contribution in [2.24, 2.45) is 0 Å². The van der Waals surface area contributed by atoms with Crippen LogP contribution in [0.4, 0.5) is 5.69 Å². The van der Waals surface area contributed by atoms with Crippen molar-refractivity contribution in [3.05, 3.63) is 54.1 Å². The highest BCUT2D eigenvalue weighted by molar-refractivity contribution is 6.01. The molecule has 6 heteroatoms. The lowest BCUT2D eigenvalue weighted by molar-refractivity contribution is -0.125. The van der Waals surface area contributed by atoms with Gasteiger partial charge in [-0.05, 0) is 50.1 Å². The molecular weight excluding hydrogens is 334 g/mol. The second-order valence-corrected chi connectivity index (χ2v) is 6.11. The minimum atomic E-state index is -1.03. The van der Waals surface area contributed by atoms with Crippen LogP contribution >= 0.6 is 0 Å². The number of carbonyl (C=O) groups excluding carboxylic acids is 1. The van der Waals surface area contributed by atoms with Crippen LogP contribution < -0.4 is 14.4 Å². The summed E-state index contributed by atoms with van der Waals surface area (Å²) in [6.07, 6.45) is 0.933. The van der Waals surface area contributed by atoms with Crippen molar-refractivity contribution in [3.63, 3.8) is 0 Å². The maximum atomic E-state index is 12.5. The maximum Gasteiger partial charge on any atom is 0.335 e. The molecule has 1 unspecified atom stereocenters. The molecule has 0 spiro atoms. The van der Waals surface area contributed by atoms with Gasteiger partial charge in [0, 0.05) is 6.54 Å². The zero-order chi connectivity index (χ0) is 18.5. The standard InChI is InChI=1S/C20H21NO5/c1-14-19(22)21(11-5-6-12-25-16-7-3-2-4-8-16)17-13-15(20(23)24)9-10-18(17)26-14/h2-4,7-10,13-14H,5-6,11-12H2,1H3,(H,23,24). The number of hydrogen-bond acceptors (Lipinski definition) is 4. The average Bonchev–Trinajstić information content (AvgIpc) is 2.64. The van der Waals surface area contributed by atoms with E-state index in [-0.39, 0.29) is 11.5 Å². The Morgan fingerprint density at radius 2 is 1.96 bits per heavy atom. The molecule has 0 radical (unpaired) electrons. The van der Waals surface area contributed by atoms with Gasteiger partial charge in [-0.15, -0.1) is 0 Å². The number of carbonyl (C=O) groups is 2. The molecule has 26 heavy (non-hydrogen) atoms. The van der Waals surface area contributed by atoms with Gasteiger partial charge in [0.15, 0.2) is 6.10 Å². The summed E-state index contributed by atoms with van der Waals surface area (Å²) in [4.78, 5) is 25.3. The van der Waals surface area contributed by atoms with E-state index in [0.717, 1.165) is 18.6 Å². The first-order valence-corrected chi connectivity index (χ1v) is 8.59. The second-order valence-electron chi connectivity index (χ2n) is 6.11. The molecule has 1 atom stereocenters. The van der Waals surface area contributed by atoms with E-state index >= 15 is 0 Å². The zero-order valence-corrected chi connectivity index (χ0v) is 14.6. The lowest BCUT2D eigenvalue weighted by atomic mass is 10.1. The summed E-state index contributed by atoms with van der Waals surface area (Å²) in [7, 11) is 0. The number of unbranched alkanes of at least 4 members (excludes halogenated alkanes) is 1. The van der Waals surface area contributed by atoms with Crippen molar-refractivity contribution in [1.29, 1.82) is 0 Å². The van der Waals surface area contributed by atoms with Gasteiger partial charge in [-0.2, -0.15) is 0 Å². The molecular formula is C20H21NO5. The number of hydrogen-bond donors (Lipinski definition) is 1. The van der Waals surface area contributed by atoms with Crippen LogP contribution in [0.15, 0.2) is 48.5 Å². The lowest BCUT2D eigenvalue weighted by Crippen LogP contribution is -2.45. The molecule has 2 aromatic rings. The van der Waals surface area contributed by atoms with Crippen molar-refractivity contribution >= 4 is 17.6 Å². The Bertz CT molecular complexity index is 790. The number of amides is 1. The van der Waals surface area contributed by atoms with Gasteiger partial charge in [-0.1, -0.05) is 18.2 Å². The van der Waals surface area contributed by atoms with Gasteiger partial charge in [0.2, 0.25) is 0 Å². The molecule has 136 valence electrons. The van der Waals surface area contributed by atoms with Gasteiger partial charge >= 0.3 is 5.97 Å². The Labute approximate surface area is 152 Å². The van der Waals surface area contributed by atoms with E-state index in [1.165, 1.54) is 12.1 Å². The number of rotatable bonds is 7. The average molecular weight is 355 g/mol. The minimum Gasteiger partial charge on any atom is -0.494 e. The normalized spacial score (nSPS) is 16.0. The number of carboxylic acids is 1. The molecule has 6 nitrogen and oxygen atoms in total. The number of benzene rings is 2. The number of nitrogens with zero attached hydrogens (tertiary/aromatic N) is 1. The first kappa shape index (κ1) is 17.8. The molecule has 0 aromatic heterocycles. The molecule has 1 aliphatic rings. The Balaban J connectivity index is 1.62. The third-order valence-corrected chi connectivity index (χ3v) is 4.20. The van der Waals surface area contributed by atoms with Crippen molar-refractivity contribution in [1.82, 2.24) is 0 Å². The van der Waals surface area contributed by atoms with Crippen molar-refractivity contribution in [2.75, 3.05) is 18.1 Å². The molecule has 0 saturated heterocycles. The van der Waals surface area contributed by atoms with Crippen LogP contribution in [0.5, 0.6) is 11.5 Å². The lowest BCUT2D eigenvalue weighted by Gasteiger charge is -2.33. The first-order chi connectivity index (χ1) is 12.6. The molecule has 1 N–H and O–H groups in total. The van der Waals surface area contributed by atoms with Gasteiger partial charge in [0.1, 0.15) is 11.5 Å². The predicted molar refractivity (Wildman–Crippen MR) is 97.0 cm³/mol. The van der Waals surface area contributed by atoms with Crippen LogP contribution in [0.2, 0.25) is 0 Å². The molecule has 1 amide bonds. The predicted octanol–water partition coefficient (Wildman–Crippen LogP) is 3.36. The molecule has 0 aliphatic carbocycles. The van der Waals surface area contributed by atoms with Gasteiger partial charge in [0.25, 0.3) is 5.91 Å². The van der Waals surface area contributed by atoms with Crippen LogP contribution in [-0.2, 0) is 4.79 Å². The summed E-state index contributed by atoms with van der Waals surface area (Å²) in [5, 5.41) is 9.18. The number of carboxylic acid groups (broad SMARTS) is 1. The topological polar surface area (TPSA) is 76.1 Å².